The number of nitrogens with one attached hydrogen (secondary N) is 1. The number of likely N-dealkylation sites (tertiary alicyclic amines) is 1. The molecule has 0 aromatic heterocycles. The first-order valence-corrected chi connectivity index (χ1v) is 9.98. The zero-order valence-corrected chi connectivity index (χ0v) is 16.2. The number of hydrogen-bond donors (Lipinski definition) is 1. The number of carbonyl (C=O) groups excluding carboxylic acids is 2. The van der Waals surface area contributed by atoms with E-state index < -0.39 is 0 Å². The first-order valence-electron chi connectivity index (χ1n) is 9.98. The molecule has 2 aliphatic rings. The van der Waals surface area contributed by atoms with Gasteiger partial charge in [0.1, 0.15) is 5.75 Å². The van der Waals surface area contributed by atoms with Gasteiger partial charge < -0.3 is 15.0 Å². The van der Waals surface area contributed by atoms with E-state index in [4.69, 9.17) is 4.74 Å². The zero-order chi connectivity index (χ0) is 19.5. The summed E-state index contributed by atoms with van der Waals surface area (Å²) in [4.78, 5) is 27.2. The highest BCUT2D eigenvalue weighted by Crippen LogP contribution is 2.29. The predicted molar refractivity (Wildman–Crippen MR) is 108 cm³/mol. The Morgan fingerprint density at radius 2 is 1.82 bits per heavy atom. The van der Waals surface area contributed by atoms with Crippen LogP contribution in [0.5, 0.6) is 5.75 Å². The molecule has 2 amide bonds. The predicted octanol–water partition coefficient (Wildman–Crippen LogP) is 3.61. The summed E-state index contributed by atoms with van der Waals surface area (Å²) in [6.45, 7) is 1.45. The van der Waals surface area contributed by atoms with Crippen LogP contribution in [0, 0.1) is 0 Å². The van der Waals surface area contributed by atoms with Crippen LogP contribution in [0.25, 0.3) is 0 Å². The lowest BCUT2D eigenvalue weighted by Crippen LogP contribution is -2.39. The fourth-order valence-corrected chi connectivity index (χ4v) is 3.78. The number of methoxy groups -OCH3 is 1. The summed E-state index contributed by atoms with van der Waals surface area (Å²) >= 11 is 0. The van der Waals surface area contributed by atoms with E-state index in [-0.39, 0.29) is 17.7 Å². The molecule has 0 spiro atoms. The van der Waals surface area contributed by atoms with Crippen molar-refractivity contribution < 1.29 is 14.3 Å². The Bertz CT molecular complexity index is 858. The van der Waals surface area contributed by atoms with Gasteiger partial charge in [0.05, 0.1) is 7.11 Å². The van der Waals surface area contributed by atoms with E-state index in [1.54, 1.807) is 7.11 Å². The van der Waals surface area contributed by atoms with Crippen LogP contribution in [-0.4, -0.2) is 43.0 Å². The number of rotatable bonds is 5. The molecule has 0 radical (unpaired) electrons. The second-order valence-electron chi connectivity index (χ2n) is 7.69. The van der Waals surface area contributed by atoms with Gasteiger partial charge in [-0.1, -0.05) is 12.1 Å². The van der Waals surface area contributed by atoms with Crippen molar-refractivity contribution in [3.05, 3.63) is 65.2 Å². The summed E-state index contributed by atoms with van der Waals surface area (Å²) in [7, 11) is 1.62. The van der Waals surface area contributed by atoms with Gasteiger partial charge in [0.15, 0.2) is 0 Å². The number of piperidine rings is 1. The van der Waals surface area contributed by atoms with Crippen LogP contribution in [0.4, 0.5) is 0 Å². The van der Waals surface area contributed by atoms with Gasteiger partial charge in [0, 0.05) is 36.2 Å². The molecule has 5 nitrogen and oxygen atoms in total. The molecular weight excluding hydrogens is 352 g/mol. The van der Waals surface area contributed by atoms with Gasteiger partial charge in [-0.2, -0.15) is 0 Å². The number of hydrogen-bond acceptors (Lipinski definition) is 3. The molecular formula is C23H26N2O3. The third kappa shape index (κ3) is 4.19. The summed E-state index contributed by atoms with van der Waals surface area (Å²) in [5.41, 5.74) is 2.53. The van der Waals surface area contributed by atoms with Gasteiger partial charge in [0.25, 0.3) is 11.8 Å². The van der Waals surface area contributed by atoms with Crippen molar-refractivity contribution in [3.63, 3.8) is 0 Å². The lowest BCUT2D eigenvalue weighted by Gasteiger charge is -2.33. The average Bonchev–Trinajstić information content (AvgIpc) is 3.57. The molecule has 1 heterocycles. The topological polar surface area (TPSA) is 58.6 Å². The zero-order valence-electron chi connectivity index (χ0n) is 16.2. The Labute approximate surface area is 165 Å². The summed E-state index contributed by atoms with van der Waals surface area (Å²) in [6.07, 6.45) is 4.15. The lowest BCUT2D eigenvalue weighted by molar-refractivity contribution is 0.0706. The van der Waals surface area contributed by atoms with Gasteiger partial charge in [-0.05, 0) is 67.6 Å². The van der Waals surface area contributed by atoms with Crippen LogP contribution in [0.15, 0.2) is 48.5 Å². The van der Waals surface area contributed by atoms with Crippen LogP contribution in [0.1, 0.15) is 57.9 Å². The fourth-order valence-electron chi connectivity index (χ4n) is 3.78. The van der Waals surface area contributed by atoms with Gasteiger partial charge in [0.2, 0.25) is 0 Å². The molecule has 146 valence electrons. The number of carbonyl (C=O) groups is 2. The fraction of sp³-hybridized carbons (Fsp3) is 0.391. The van der Waals surface area contributed by atoms with Crippen molar-refractivity contribution in [1.82, 2.24) is 10.2 Å². The molecule has 2 aromatic rings. The monoisotopic (exact) mass is 378 g/mol. The minimum absolute atomic E-state index is 0.00586. The van der Waals surface area contributed by atoms with Crippen LogP contribution in [0.3, 0.4) is 0 Å². The van der Waals surface area contributed by atoms with Crippen LogP contribution in [0.2, 0.25) is 0 Å². The van der Waals surface area contributed by atoms with E-state index in [1.807, 2.05) is 47.4 Å². The third-order valence-electron chi connectivity index (χ3n) is 5.58. The number of amides is 2. The third-order valence-corrected chi connectivity index (χ3v) is 5.58. The summed E-state index contributed by atoms with van der Waals surface area (Å²) < 4.78 is 5.17. The van der Waals surface area contributed by atoms with Gasteiger partial charge in [-0.15, -0.1) is 0 Å². The number of benzene rings is 2. The van der Waals surface area contributed by atoms with E-state index in [0.29, 0.717) is 23.7 Å². The molecule has 0 unspecified atom stereocenters. The first-order chi connectivity index (χ1) is 13.6. The second-order valence-corrected chi connectivity index (χ2v) is 7.69. The molecule has 1 N–H and O–H groups in total. The van der Waals surface area contributed by atoms with Crippen LogP contribution >= 0.6 is 0 Å². The minimum atomic E-state index is 0.00586. The Kier molecular flexibility index (Phi) is 5.33. The van der Waals surface area contributed by atoms with Crippen LogP contribution in [-0.2, 0) is 0 Å². The van der Waals surface area contributed by atoms with Crippen molar-refractivity contribution in [2.45, 2.75) is 37.6 Å². The van der Waals surface area contributed by atoms with E-state index in [9.17, 15) is 9.59 Å². The maximum absolute atomic E-state index is 12.9. The van der Waals surface area contributed by atoms with Gasteiger partial charge >= 0.3 is 0 Å². The second kappa shape index (κ2) is 8.05. The van der Waals surface area contributed by atoms with Gasteiger partial charge in [-0.3, -0.25) is 9.59 Å². The Balaban J connectivity index is 1.45. The molecule has 1 aliphatic carbocycles. The largest absolute Gasteiger partial charge is 0.497 e. The van der Waals surface area contributed by atoms with E-state index in [0.717, 1.165) is 43.5 Å². The van der Waals surface area contributed by atoms with Crippen molar-refractivity contribution in [3.8, 4) is 5.75 Å². The average molecular weight is 378 g/mol. The van der Waals surface area contributed by atoms with Crippen molar-refractivity contribution in [2.75, 3.05) is 20.2 Å². The van der Waals surface area contributed by atoms with Crippen LogP contribution < -0.4 is 10.1 Å². The molecule has 4 rings (SSSR count). The molecule has 28 heavy (non-hydrogen) atoms. The highest BCUT2D eigenvalue weighted by atomic mass is 16.5. The molecule has 5 heteroatoms. The minimum Gasteiger partial charge on any atom is -0.497 e. The van der Waals surface area contributed by atoms with E-state index in [2.05, 4.69) is 11.4 Å². The van der Waals surface area contributed by atoms with Crippen molar-refractivity contribution >= 4 is 11.8 Å². The maximum atomic E-state index is 12.9. The smallest absolute Gasteiger partial charge is 0.253 e. The highest BCUT2D eigenvalue weighted by molar-refractivity contribution is 5.95. The van der Waals surface area contributed by atoms with E-state index in [1.165, 1.54) is 0 Å². The first kappa shape index (κ1) is 18.5. The Morgan fingerprint density at radius 3 is 2.54 bits per heavy atom. The molecule has 2 aromatic carbocycles. The molecule has 2 fully saturated rings. The molecule has 0 bridgehead atoms. The van der Waals surface area contributed by atoms with Gasteiger partial charge in [-0.25, -0.2) is 0 Å². The number of ether oxygens (including phenoxy) is 1. The molecule has 1 saturated heterocycles. The summed E-state index contributed by atoms with van der Waals surface area (Å²) in [5.74, 6) is 1.06. The molecule has 1 atom stereocenters. The summed E-state index contributed by atoms with van der Waals surface area (Å²) in [5, 5.41) is 3.04. The maximum Gasteiger partial charge on any atom is 0.253 e. The quantitative estimate of drug-likeness (QED) is 0.865. The van der Waals surface area contributed by atoms with E-state index >= 15 is 0 Å². The number of nitrogens with zero attached hydrogens (tertiary/aromatic N) is 1. The summed E-state index contributed by atoms with van der Waals surface area (Å²) in [6, 6.07) is 15.5. The lowest BCUT2D eigenvalue weighted by atomic mass is 9.89. The normalized spacial score (nSPS) is 19.2. The van der Waals surface area contributed by atoms with Crippen molar-refractivity contribution in [1.29, 1.82) is 0 Å². The highest BCUT2D eigenvalue weighted by Gasteiger charge is 2.27. The molecule has 1 aliphatic heterocycles. The Hall–Kier alpha value is -2.82. The van der Waals surface area contributed by atoms with Crippen molar-refractivity contribution in [2.24, 2.45) is 0 Å². The standard InChI is InChI=1S/C23H26N2O3/c1-28-21-11-7-16(8-12-21)23(27)25-13-3-6-19(15-25)17-4-2-5-18(14-17)22(26)24-20-9-10-20/h2,4-5,7-8,11-12,14,19-20H,3,6,9-10,13,15H2,1H3,(H,24,26)/t19-/m0/s1. The molecule has 1 saturated carbocycles. The Morgan fingerprint density at radius 1 is 1.04 bits per heavy atom. The SMILES string of the molecule is COc1ccc(C(=O)N2CCC[C@H](c3cccc(C(=O)NC4CC4)c3)C2)cc1.